The molecule has 0 aliphatic carbocycles. The van der Waals surface area contributed by atoms with Gasteiger partial charge in [0.1, 0.15) is 28.5 Å². The number of furan rings is 1. The summed E-state index contributed by atoms with van der Waals surface area (Å²) in [6, 6.07) is 9.53. The number of benzene rings is 2. The van der Waals surface area contributed by atoms with Crippen molar-refractivity contribution in [3.63, 3.8) is 0 Å². The lowest BCUT2D eigenvalue weighted by molar-refractivity contribution is 0.0977. The van der Waals surface area contributed by atoms with E-state index >= 15 is 0 Å². The Labute approximate surface area is 128 Å². The average molecular weight is 316 g/mol. The van der Waals surface area contributed by atoms with E-state index in [1.165, 1.54) is 0 Å². The van der Waals surface area contributed by atoms with E-state index in [1.807, 2.05) is 0 Å². The van der Waals surface area contributed by atoms with Crippen LogP contribution in [0, 0.1) is 11.6 Å². The fraction of sp³-hybridized carbons (Fsp3) is 0. The van der Waals surface area contributed by atoms with E-state index in [0.29, 0.717) is 11.0 Å². The third-order valence-electron chi connectivity index (χ3n) is 3.25. The minimum Gasteiger partial charge on any atom is -0.449 e. The molecule has 7 heteroatoms. The third kappa shape index (κ3) is 2.52. The highest BCUT2D eigenvalue weighted by molar-refractivity contribution is 6.14. The van der Waals surface area contributed by atoms with Crippen molar-refractivity contribution in [3.05, 3.63) is 65.4 Å². The number of rotatable bonds is 3. The molecule has 0 radical (unpaired) electrons. The fourth-order valence-electron chi connectivity index (χ4n) is 2.23. The Hall–Kier alpha value is -3.22. The Bertz CT molecular complexity index is 914. The lowest BCUT2D eigenvalue weighted by Crippen LogP contribution is -2.19. The summed E-state index contributed by atoms with van der Waals surface area (Å²) in [5.74, 6) is -4.29. The topological polar surface area (TPSA) is 85.3 Å². The standard InChI is InChI=1S/C16H10F2N2O3/c17-9-5-3-6-10(18)12(9)16(22)20-13-8-4-1-2-7-11(8)23-14(13)15(19)21/h1-7H,(H2,19,21)(H,20,22). The SMILES string of the molecule is NC(=O)c1oc2ccccc2c1NC(=O)c1c(F)cccc1F. The van der Waals surface area contributed by atoms with Crippen LogP contribution in [-0.2, 0) is 0 Å². The number of hydrogen-bond donors (Lipinski definition) is 2. The molecule has 0 fully saturated rings. The number of halogens is 2. The maximum atomic E-state index is 13.7. The quantitative estimate of drug-likeness (QED) is 0.778. The summed E-state index contributed by atoms with van der Waals surface area (Å²) in [6.07, 6.45) is 0. The first-order chi connectivity index (χ1) is 11.0. The molecule has 23 heavy (non-hydrogen) atoms. The van der Waals surface area contributed by atoms with Gasteiger partial charge in [-0.1, -0.05) is 18.2 Å². The van der Waals surface area contributed by atoms with Crippen molar-refractivity contribution < 1.29 is 22.8 Å². The van der Waals surface area contributed by atoms with Crippen LogP contribution in [0.15, 0.2) is 46.9 Å². The van der Waals surface area contributed by atoms with Crippen LogP contribution < -0.4 is 11.1 Å². The molecule has 0 unspecified atom stereocenters. The molecule has 3 rings (SSSR count). The summed E-state index contributed by atoms with van der Waals surface area (Å²) in [4.78, 5) is 23.7. The number of anilines is 1. The van der Waals surface area contributed by atoms with Crippen LogP contribution in [0.1, 0.15) is 20.9 Å². The number of primary amides is 1. The van der Waals surface area contributed by atoms with Gasteiger partial charge in [-0.2, -0.15) is 0 Å². The van der Waals surface area contributed by atoms with Gasteiger partial charge in [-0.25, -0.2) is 8.78 Å². The van der Waals surface area contributed by atoms with Crippen molar-refractivity contribution in [3.8, 4) is 0 Å². The second-order valence-corrected chi connectivity index (χ2v) is 4.72. The zero-order valence-electron chi connectivity index (χ0n) is 11.6. The highest BCUT2D eigenvalue weighted by Gasteiger charge is 2.23. The number of nitrogens with two attached hydrogens (primary N) is 1. The number of hydrogen-bond acceptors (Lipinski definition) is 3. The Morgan fingerprint density at radius 3 is 2.30 bits per heavy atom. The molecule has 3 N–H and O–H groups in total. The molecule has 5 nitrogen and oxygen atoms in total. The van der Waals surface area contributed by atoms with Gasteiger partial charge >= 0.3 is 0 Å². The monoisotopic (exact) mass is 316 g/mol. The van der Waals surface area contributed by atoms with E-state index in [0.717, 1.165) is 18.2 Å². The minimum atomic E-state index is -1.05. The van der Waals surface area contributed by atoms with Crippen LogP contribution >= 0.6 is 0 Å². The molecule has 0 bridgehead atoms. The summed E-state index contributed by atoms with van der Waals surface area (Å²) in [6.45, 7) is 0. The van der Waals surface area contributed by atoms with Crippen molar-refractivity contribution in [1.29, 1.82) is 0 Å². The van der Waals surface area contributed by atoms with Gasteiger partial charge in [0.2, 0.25) is 5.76 Å². The molecule has 0 atom stereocenters. The van der Waals surface area contributed by atoms with Crippen LogP contribution in [0.4, 0.5) is 14.5 Å². The van der Waals surface area contributed by atoms with Crippen LogP contribution in [-0.4, -0.2) is 11.8 Å². The molecular formula is C16H10F2N2O3. The lowest BCUT2D eigenvalue weighted by atomic mass is 10.1. The van der Waals surface area contributed by atoms with Crippen molar-refractivity contribution >= 4 is 28.5 Å². The van der Waals surface area contributed by atoms with Crippen molar-refractivity contribution in [2.24, 2.45) is 5.73 Å². The molecule has 116 valence electrons. The van der Waals surface area contributed by atoms with Crippen molar-refractivity contribution in [1.82, 2.24) is 0 Å². The average Bonchev–Trinajstić information content (AvgIpc) is 2.86. The molecule has 2 aromatic carbocycles. The van der Waals surface area contributed by atoms with Crippen LogP contribution in [0.3, 0.4) is 0 Å². The van der Waals surface area contributed by atoms with Gasteiger partial charge in [0, 0.05) is 5.39 Å². The van der Waals surface area contributed by atoms with Gasteiger partial charge in [0.05, 0.1) is 0 Å². The first-order valence-corrected chi connectivity index (χ1v) is 6.55. The normalized spacial score (nSPS) is 10.7. The molecule has 3 aromatic rings. The summed E-state index contributed by atoms with van der Waals surface area (Å²) in [7, 11) is 0. The molecule has 0 saturated heterocycles. The Kier molecular flexibility index (Phi) is 3.53. The number of nitrogens with one attached hydrogen (secondary N) is 1. The fourth-order valence-corrected chi connectivity index (χ4v) is 2.23. The second kappa shape index (κ2) is 5.53. The van der Waals surface area contributed by atoms with E-state index < -0.39 is 29.0 Å². The van der Waals surface area contributed by atoms with E-state index in [9.17, 15) is 18.4 Å². The summed E-state index contributed by atoms with van der Waals surface area (Å²) < 4.78 is 32.7. The smallest absolute Gasteiger partial charge is 0.286 e. The van der Waals surface area contributed by atoms with E-state index in [-0.39, 0.29) is 11.4 Å². The predicted octanol–water partition coefficient (Wildman–Crippen LogP) is 3.06. The number of amides is 2. The second-order valence-electron chi connectivity index (χ2n) is 4.72. The molecule has 0 aliphatic heterocycles. The maximum absolute atomic E-state index is 13.7. The van der Waals surface area contributed by atoms with E-state index in [4.69, 9.17) is 10.2 Å². The number of carbonyl (C=O) groups excluding carboxylic acids is 2. The van der Waals surface area contributed by atoms with Gasteiger partial charge < -0.3 is 15.5 Å². The third-order valence-corrected chi connectivity index (χ3v) is 3.25. The summed E-state index contributed by atoms with van der Waals surface area (Å²) in [5.41, 5.74) is 4.75. The van der Waals surface area contributed by atoms with Gasteiger partial charge in [-0.05, 0) is 24.3 Å². The van der Waals surface area contributed by atoms with Crippen molar-refractivity contribution in [2.45, 2.75) is 0 Å². The largest absolute Gasteiger partial charge is 0.449 e. The summed E-state index contributed by atoms with van der Waals surface area (Å²) in [5, 5.41) is 2.69. The van der Waals surface area contributed by atoms with Crippen LogP contribution in [0.2, 0.25) is 0 Å². The number of fused-ring (bicyclic) bond motifs is 1. The minimum absolute atomic E-state index is 0.0271. The van der Waals surface area contributed by atoms with Gasteiger partial charge in [0.15, 0.2) is 0 Å². The lowest BCUT2D eigenvalue weighted by Gasteiger charge is -2.06. The van der Waals surface area contributed by atoms with E-state index in [1.54, 1.807) is 24.3 Å². The molecule has 2 amide bonds. The Morgan fingerprint density at radius 2 is 1.65 bits per heavy atom. The summed E-state index contributed by atoms with van der Waals surface area (Å²) >= 11 is 0. The highest BCUT2D eigenvalue weighted by Crippen LogP contribution is 2.31. The Balaban J connectivity index is 2.09. The zero-order valence-corrected chi connectivity index (χ0v) is 11.6. The molecule has 0 spiro atoms. The van der Waals surface area contributed by atoms with Crippen molar-refractivity contribution in [2.75, 3.05) is 5.32 Å². The van der Waals surface area contributed by atoms with Gasteiger partial charge in [-0.3, -0.25) is 9.59 Å². The Morgan fingerprint density at radius 1 is 1.00 bits per heavy atom. The molecule has 1 heterocycles. The molecular weight excluding hydrogens is 306 g/mol. The van der Waals surface area contributed by atoms with Crippen LogP contribution in [0.5, 0.6) is 0 Å². The van der Waals surface area contributed by atoms with Gasteiger partial charge in [0.25, 0.3) is 11.8 Å². The number of carbonyl (C=O) groups is 2. The predicted molar refractivity (Wildman–Crippen MR) is 79.0 cm³/mol. The number of para-hydroxylation sites is 1. The molecule has 1 aromatic heterocycles. The van der Waals surface area contributed by atoms with E-state index in [2.05, 4.69) is 5.32 Å². The highest BCUT2D eigenvalue weighted by atomic mass is 19.1. The first kappa shape index (κ1) is 14.7. The molecule has 0 aliphatic rings. The maximum Gasteiger partial charge on any atom is 0.286 e. The van der Waals surface area contributed by atoms with Crippen LogP contribution in [0.25, 0.3) is 11.0 Å². The molecule has 0 saturated carbocycles. The zero-order chi connectivity index (χ0) is 16.6. The van der Waals surface area contributed by atoms with Gasteiger partial charge in [-0.15, -0.1) is 0 Å². The first-order valence-electron chi connectivity index (χ1n) is 6.55.